The molecular formula is C17H15N3O3S. The van der Waals surface area contributed by atoms with E-state index < -0.39 is 10.0 Å². The molecule has 3 rings (SSSR count). The monoisotopic (exact) mass is 341 g/mol. The summed E-state index contributed by atoms with van der Waals surface area (Å²) in [5.41, 5.74) is 2.24. The van der Waals surface area contributed by atoms with E-state index >= 15 is 0 Å². The lowest BCUT2D eigenvalue weighted by Gasteiger charge is -2.11. The highest BCUT2D eigenvalue weighted by molar-refractivity contribution is 7.92. The number of oxime groups is 1. The molecule has 1 heterocycles. The lowest BCUT2D eigenvalue weighted by molar-refractivity contribution is 0.321. The number of sulfonamides is 1. The molecule has 0 amide bonds. The van der Waals surface area contributed by atoms with Gasteiger partial charge in [0.15, 0.2) is 0 Å². The van der Waals surface area contributed by atoms with Gasteiger partial charge >= 0.3 is 0 Å². The smallest absolute Gasteiger partial charge is 0.261 e. The first-order chi connectivity index (χ1) is 11.5. The Bertz CT molecular complexity index is 1010. The highest BCUT2D eigenvalue weighted by atomic mass is 32.2. The van der Waals surface area contributed by atoms with Crippen molar-refractivity contribution in [1.82, 2.24) is 4.98 Å². The Balaban J connectivity index is 2.05. The van der Waals surface area contributed by atoms with Crippen LogP contribution in [0.15, 0.2) is 64.6 Å². The minimum Gasteiger partial charge on any atom is -0.411 e. The molecule has 3 aromatic rings. The third kappa shape index (κ3) is 3.21. The second-order valence-electron chi connectivity index (χ2n) is 5.28. The van der Waals surface area contributed by atoms with Gasteiger partial charge < -0.3 is 5.21 Å². The number of anilines is 1. The van der Waals surface area contributed by atoms with Crippen LogP contribution in [-0.2, 0) is 10.0 Å². The largest absolute Gasteiger partial charge is 0.411 e. The first kappa shape index (κ1) is 15.9. The van der Waals surface area contributed by atoms with Gasteiger partial charge in [-0.2, -0.15) is 0 Å². The molecule has 2 N–H and O–H groups in total. The topological polar surface area (TPSA) is 91.7 Å². The fourth-order valence-corrected chi connectivity index (χ4v) is 3.36. The Kier molecular flexibility index (Phi) is 4.18. The Morgan fingerprint density at radius 1 is 1.08 bits per heavy atom. The second-order valence-corrected chi connectivity index (χ2v) is 6.96. The molecule has 7 heteroatoms. The minimum atomic E-state index is -3.72. The molecular weight excluding hydrogens is 326 g/mol. The molecule has 0 radical (unpaired) electrons. The Morgan fingerprint density at radius 3 is 2.54 bits per heavy atom. The van der Waals surface area contributed by atoms with Crippen LogP contribution >= 0.6 is 0 Å². The number of aromatic nitrogens is 1. The average molecular weight is 341 g/mol. The van der Waals surface area contributed by atoms with Gasteiger partial charge in [-0.1, -0.05) is 41.1 Å². The third-order valence-electron chi connectivity index (χ3n) is 3.51. The van der Waals surface area contributed by atoms with Crippen LogP contribution in [0.4, 0.5) is 5.69 Å². The van der Waals surface area contributed by atoms with Crippen molar-refractivity contribution < 1.29 is 13.6 Å². The molecule has 0 fully saturated rings. The molecule has 24 heavy (non-hydrogen) atoms. The summed E-state index contributed by atoms with van der Waals surface area (Å²) in [5, 5.41) is 12.4. The summed E-state index contributed by atoms with van der Waals surface area (Å²) < 4.78 is 27.7. The van der Waals surface area contributed by atoms with Crippen LogP contribution in [0.5, 0.6) is 0 Å². The number of fused-ring (bicyclic) bond motifs is 1. The Morgan fingerprint density at radius 2 is 1.83 bits per heavy atom. The highest BCUT2D eigenvalue weighted by Crippen LogP contribution is 2.24. The van der Waals surface area contributed by atoms with Crippen molar-refractivity contribution in [2.24, 2.45) is 5.16 Å². The van der Waals surface area contributed by atoms with Crippen LogP contribution in [0, 0.1) is 6.92 Å². The molecule has 6 nitrogen and oxygen atoms in total. The molecule has 0 spiro atoms. The van der Waals surface area contributed by atoms with Crippen LogP contribution < -0.4 is 4.72 Å². The fourth-order valence-electron chi connectivity index (χ4n) is 2.30. The van der Waals surface area contributed by atoms with E-state index in [1.165, 1.54) is 6.21 Å². The third-order valence-corrected chi connectivity index (χ3v) is 4.89. The summed E-state index contributed by atoms with van der Waals surface area (Å²) in [6.45, 7) is 1.89. The lowest BCUT2D eigenvalue weighted by Crippen LogP contribution is -2.13. The maximum Gasteiger partial charge on any atom is 0.261 e. The molecule has 0 atom stereocenters. The van der Waals surface area contributed by atoms with Gasteiger partial charge in [0.25, 0.3) is 10.0 Å². The van der Waals surface area contributed by atoms with E-state index in [4.69, 9.17) is 5.21 Å². The predicted molar refractivity (Wildman–Crippen MR) is 93.1 cm³/mol. The number of rotatable bonds is 4. The zero-order valence-corrected chi connectivity index (χ0v) is 13.7. The molecule has 0 saturated carbocycles. The maximum absolute atomic E-state index is 12.6. The van der Waals surface area contributed by atoms with Crippen molar-refractivity contribution in [1.29, 1.82) is 0 Å². The van der Waals surface area contributed by atoms with Crippen molar-refractivity contribution in [2.45, 2.75) is 11.8 Å². The summed E-state index contributed by atoms with van der Waals surface area (Å²) in [4.78, 5) is 4.50. The first-order valence-corrected chi connectivity index (χ1v) is 8.64. The number of hydrogen-bond acceptors (Lipinski definition) is 5. The number of hydrogen-bond donors (Lipinski definition) is 2. The molecule has 0 aliphatic rings. The zero-order chi connectivity index (χ0) is 17.2. The van der Waals surface area contributed by atoms with Gasteiger partial charge in [0, 0.05) is 5.39 Å². The number of para-hydroxylation sites is 1. The van der Waals surface area contributed by atoms with Gasteiger partial charge in [-0.15, -0.1) is 0 Å². The Hall–Kier alpha value is -2.93. The van der Waals surface area contributed by atoms with E-state index in [1.807, 2.05) is 13.0 Å². The first-order valence-electron chi connectivity index (χ1n) is 7.16. The molecule has 2 aromatic carbocycles. The molecule has 0 bridgehead atoms. The highest BCUT2D eigenvalue weighted by Gasteiger charge is 2.15. The van der Waals surface area contributed by atoms with E-state index in [9.17, 15) is 8.42 Å². The van der Waals surface area contributed by atoms with Crippen LogP contribution in [0.1, 0.15) is 11.3 Å². The fraction of sp³-hybridized carbons (Fsp3) is 0.0588. The Labute approximate surface area is 139 Å². The van der Waals surface area contributed by atoms with Gasteiger partial charge in [-0.05, 0) is 31.2 Å². The normalized spacial score (nSPS) is 11.9. The SMILES string of the molecule is Cc1ccc(S(=O)(=O)Nc2cccc3ccc(/C=N/O)nc23)cc1. The summed E-state index contributed by atoms with van der Waals surface area (Å²) in [6, 6.07) is 15.3. The van der Waals surface area contributed by atoms with Crippen molar-refractivity contribution in [3.05, 3.63) is 65.9 Å². The molecule has 122 valence electrons. The summed E-state index contributed by atoms with van der Waals surface area (Å²) in [7, 11) is -3.72. The summed E-state index contributed by atoms with van der Waals surface area (Å²) in [5.74, 6) is 0. The maximum atomic E-state index is 12.6. The molecule has 0 saturated heterocycles. The molecule has 1 aromatic heterocycles. The van der Waals surface area contributed by atoms with Crippen molar-refractivity contribution in [3.63, 3.8) is 0 Å². The van der Waals surface area contributed by atoms with Crippen molar-refractivity contribution >= 4 is 32.8 Å². The average Bonchev–Trinajstić information content (AvgIpc) is 2.56. The number of pyridine rings is 1. The van der Waals surface area contributed by atoms with E-state index in [2.05, 4.69) is 14.9 Å². The molecule has 0 aliphatic heterocycles. The number of nitrogens with zero attached hydrogens (tertiary/aromatic N) is 2. The van der Waals surface area contributed by atoms with E-state index in [-0.39, 0.29) is 4.90 Å². The van der Waals surface area contributed by atoms with Crippen molar-refractivity contribution in [2.75, 3.05) is 4.72 Å². The molecule has 0 unspecified atom stereocenters. The van der Waals surface area contributed by atoms with Gasteiger partial charge in [0.2, 0.25) is 0 Å². The van der Waals surface area contributed by atoms with E-state index in [0.717, 1.165) is 10.9 Å². The number of nitrogens with one attached hydrogen (secondary N) is 1. The predicted octanol–water partition coefficient (Wildman–Crippen LogP) is 3.15. The van der Waals surface area contributed by atoms with Crippen LogP contribution in [0.25, 0.3) is 10.9 Å². The quantitative estimate of drug-likeness (QED) is 0.433. The van der Waals surface area contributed by atoms with Crippen LogP contribution in [0.2, 0.25) is 0 Å². The van der Waals surface area contributed by atoms with E-state index in [1.54, 1.807) is 48.5 Å². The van der Waals surface area contributed by atoms with Crippen LogP contribution in [-0.4, -0.2) is 24.8 Å². The lowest BCUT2D eigenvalue weighted by atomic mass is 10.2. The number of aryl methyl sites for hydroxylation is 1. The summed E-state index contributed by atoms with van der Waals surface area (Å²) in [6.07, 6.45) is 1.19. The van der Waals surface area contributed by atoms with Gasteiger partial charge in [0.1, 0.15) is 0 Å². The second kappa shape index (κ2) is 6.29. The van der Waals surface area contributed by atoms with Gasteiger partial charge in [0.05, 0.1) is 28.0 Å². The van der Waals surface area contributed by atoms with Gasteiger partial charge in [-0.3, -0.25) is 4.72 Å². The van der Waals surface area contributed by atoms with Gasteiger partial charge in [-0.25, -0.2) is 13.4 Å². The van der Waals surface area contributed by atoms with Crippen LogP contribution in [0.3, 0.4) is 0 Å². The minimum absolute atomic E-state index is 0.179. The molecule has 0 aliphatic carbocycles. The zero-order valence-electron chi connectivity index (χ0n) is 12.8. The summed E-state index contributed by atoms with van der Waals surface area (Å²) >= 11 is 0. The van der Waals surface area contributed by atoms with Crippen molar-refractivity contribution in [3.8, 4) is 0 Å². The number of benzene rings is 2. The van der Waals surface area contributed by atoms with E-state index in [0.29, 0.717) is 16.9 Å². The standard InChI is InChI=1S/C17H15N3O3S/c1-12-5-9-15(10-6-12)24(22,23)20-16-4-2-3-13-7-8-14(11-18-21)19-17(13)16/h2-11,20-21H,1H3/b18-11+.